The third-order valence-electron chi connectivity index (χ3n) is 3.63. The van der Waals surface area contributed by atoms with E-state index in [9.17, 15) is 14.4 Å². The molecule has 0 aliphatic heterocycles. The lowest BCUT2D eigenvalue weighted by Crippen LogP contribution is -2.16. The summed E-state index contributed by atoms with van der Waals surface area (Å²) in [6.45, 7) is -0.0872. The van der Waals surface area contributed by atoms with Gasteiger partial charge in [0.05, 0.1) is 17.5 Å². The van der Waals surface area contributed by atoms with Gasteiger partial charge in [-0.3, -0.25) is 14.2 Å². The second-order valence-corrected chi connectivity index (χ2v) is 6.17. The lowest BCUT2D eigenvalue weighted by Gasteiger charge is -2.05. The van der Waals surface area contributed by atoms with Gasteiger partial charge in [-0.15, -0.1) is 0 Å². The van der Waals surface area contributed by atoms with Crippen LogP contribution in [0, 0.1) is 0 Å². The summed E-state index contributed by atoms with van der Waals surface area (Å²) in [5, 5.41) is 9.52. The van der Waals surface area contributed by atoms with Crippen LogP contribution in [0.25, 0.3) is 11.1 Å². The Kier molecular flexibility index (Phi) is 4.65. The van der Waals surface area contributed by atoms with Gasteiger partial charge in [-0.25, -0.2) is 4.79 Å². The number of benzene rings is 2. The van der Waals surface area contributed by atoms with Crippen LogP contribution in [0.1, 0.15) is 22.3 Å². The average molecular weight is 380 g/mol. The van der Waals surface area contributed by atoms with Crippen LogP contribution in [0.5, 0.6) is 0 Å². The summed E-state index contributed by atoms with van der Waals surface area (Å²) in [5.41, 5.74) is 0.820. The summed E-state index contributed by atoms with van der Waals surface area (Å²) >= 11 is 11.9. The van der Waals surface area contributed by atoms with Crippen LogP contribution in [0.4, 0.5) is 0 Å². The van der Waals surface area contributed by atoms with Crippen molar-refractivity contribution in [2.45, 2.75) is 13.0 Å². The Morgan fingerprint density at radius 3 is 2.40 bits per heavy atom. The smallest absolute Gasteiger partial charge is 0.419 e. The van der Waals surface area contributed by atoms with Crippen molar-refractivity contribution in [3.05, 3.63) is 68.1 Å². The van der Waals surface area contributed by atoms with Gasteiger partial charge in [-0.1, -0.05) is 23.2 Å². The fraction of sp³-hybridized carbons (Fsp3) is 0.118. The van der Waals surface area contributed by atoms with E-state index in [1.165, 1.54) is 12.1 Å². The van der Waals surface area contributed by atoms with Crippen molar-refractivity contribution in [1.29, 1.82) is 0 Å². The van der Waals surface area contributed by atoms with E-state index in [1.54, 1.807) is 24.3 Å². The highest BCUT2D eigenvalue weighted by Gasteiger charge is 2.20. The number of carbonyl (C=O) groups is 2. The molecular weight excluding hydrogens is 369 g/mol. The van der Waals surface area contributed by atoms with Gasteiger partial charge < -0.3 is 9.52 Å². The fourth-order valence-electron chi connectivity index (χ4n) is 2.47. The Labute approximate surface area is 151 Å². The van der Waals surface area contributed by atoms with Crippen LogP contribution in [0.3, 0.4) is 0 Å². The number of fused-ring (bicyclic) bond motifs is 1. The van der Waals surface area contributed by atoms with Crippen LogP contribution in [0.15, 0.2) is 45.6 Å². The third-order valence-corrected chi connectivity index (χ3v) is 4.11. The maximum absolute atomic E-state index is 12.7. The molecule has 1 heterocycles. The molecule has 2 aromatic carbocycles. The van der Waals surface area contributed by atoms with Crippen LogP contribution in [-0.2, 0) is 11.3 Å². The third kappa shape index (κ3) is 3.45. The number of hydrogen-bond acceptors (Lipinski definition) is 4. The predicted octanol–water partition coefficient (Wildman–Crippen LogP) is 3.61. The van der Waals surface area contributed by atoms with Crippen molar-refractivity contribution in [3.63, 3.8) is 0 Å². The molecule has 0 amide bonds. The minimum absolute atomic E-state index is 0.0692. The second kappa shape index (κ2) is 6.74. The molecule has 8 heteroatoms. The van der Waals surface area contributed by atoms with Gasteiger partial charge in [0.15, 0.2) is 11.4 Å². The minimum Gasteiger partial charge on any atom is -0.481 e. The number of rotatable bonds is 5. The highest BCUT2D eigenvalue weighted by Crippen LogP contribution is 2.26. The van der Waals surface area contributed by atoms with Crippen LogP contribution < -0.4 is 5.76 Å². The molecule has 1 aromatic heterocycles. The number of aliphatic carboxylic acids is 1. The van der Waals surface area contributed by atoms with E-state index in [4.69, 9.17) is 32.7 Å². The summed E-state index contributed by atoms with van der Waals surface area (Å²) in [6, 6.07) is 9.12. The summed E-state index contributed by atoms with van der Waals surface area (Å²) in [5.74, 6) is -2.19. The molecule has 6 nitrogen and oxygen atoms in total. The summed E-state index contributed by atoms with van der Waals surface area (Å²) in [7, 11) is 0. The topological polar surface area (TPSA) is 89.5 Å². The first-order chi connectivity index (χ1) is 11.9. The number of nitrogens with zero attached hydrogens (tertiary/aromatic N) is 1. The molecule has 0 atom stereocenters. The summed E-state index contributed by atoms with van der Waals surface area (Å²) < 4.78 is 6.34. The van der Waals surface area contributed by atoms with Gasteiger partial charge in [0, 0.05) is 22.2 Å². The first kappa shape index (κ1) is 17.3. The number of aromatic nitrogens is 1. The van der Waals surface area contributed by atoms with Gasteiger partial charge in [-0.2, -0.15) is 0 Å². The zero-order valence-electron chi connectivity index (χ0n) is 12.7. The van der Waals surface area contributed by atoms with E-state index in [1.807, 2.05) is 0 Å². The van der Waals surface area contributed by atoms with Gasteiger partial charge in [0.25, 0.3) is 0 Å². The molecule has 0 aliphatic rings. The number of oxazole rings is 1. The molecule has 0 radical (unpaired) electrons. The van der Waals surface area contributed by atoms with Crippen molar-refractivity contribution in [3.8, 4) is 0 Å². The quantitative estimate of drug-likeness (QED) is 0.683. The number of hydrogen-bond donors (Lipinski definition) is 1. The van der Waals surface area contributed by atoms with E-state index in [0.29, 0.717) is 10.6 Å². The Bertz CT molecular complexity index is 1030. The van der Waals surface area contributed by atoms with Gasteiger partial charge in [-0.05, 0) is 36.4 Å². The zero-order chi connectivity index (χ0) is 18.1. The molecule has 0 saturated heterocycles. The van der Waals surface area contributed by atoms with Gasteiger partial charge in [0.2, 0.25) is 0 Å². The number of carboxylic acid groups (broad SMARTS) is 1. The van der Waals surface area contributed by atoms with Gasteiger partial charge >= 0.3 is 11.7 Å². The second-order valence-electron chi connectivity index (χ2n) is 5.30. The first-order valence-corrected chi connectivity index (χ1v) is 7.97. The fourth-order valence-corrected chi connectivity index (χ4v) is 2.81. The molecule has 0 fully saturated rings. The summed E-state index contributed by atoms with van der Waals surface area (Å²) in [4.78, 5) is 35.6. The number of aryl methyl sites for hydroxylation is 1. The molecule has 0 spiro atoms. The molecule has 3 aromatic rings. The predicted molar refractivity (Wildman–Crippen MR) is 92.6 cm³/mol. The highest BCUT2D eigenvalue weighted by atomic mass is 35.5. The van der Waals surface area contributed by atoms with Crippen molar-refractivity contribution >= 4 is 46.1 Å². The lowest BCUT2D eigenvalue weighted by atomic mass is 10.0. The molecular formula is C17H11Cl2NO5. The Hall–Kier alpha value is -2.57. The first-order valence-electron chi connectivity index (χ1n) is 7.22. The van der Waals surface area contributed by atoms with Crippen molar-refractivity contribution in [2.24, 2.45) is 0 Å². The normalized spacial score (nSPS) is 11.0. The monoisotopic (exact) mass is 379 g/mol. The summed E-state index contributed by atoms with van der Waals surface area (Å²) in [6.07, 6.45) is -0.262. The maximum Gasteiger partial charge on any atom is 0.419 e. The Morgan fingerprint density at radius 1 is 1.08 bits per heavy atom. The largest absolute Gasteiger partial charge is 0.481 e. The molecule has 128 valence electrons. The molecule has 25 heavy (non-hydrogen) atoms. The minimum atomic E-state index is -1.05. The molecule has 0 saturated carbocycles. The van der Waals surface area contributed by atoms with Crippen molar-refractivity contribution < 1.29 is 19.1 Å². The molecule has 3 rings (SSSR count). The van der Waals surface area contributed by atoms with E-state index in [-0.39, 0.29) is 40.4 Å². The van der Waals surface area contributed by atoms with Crippen molar-refractivity contribution in [2.75, 3.05) is 0 Å². The number of halogens is 2. The van der Waals surface area contributed by atoms with E-state index in [2.05, 4.69) is 0 Å². The van der Waals surface area contributed by atoms with Crippen LogP contribution >= 0.6 is 23.2 Å². The Balaban J connectivity index is 2.14. The maximum atomic E-state index is 12.7. The number of carboxylic acids is 1. The Morgan fingerprint density at radius 2 is 1.76 bits per heavy atom. The van der Waals surface area contributed by atoms with Gasteiger partial charge in [0.1, 0.15) is 0 Å². The SMILES string of the molecule is O=C(O)CCn1c(=O)oc2c(C(=O)c3ccc(Cl)cc3)cc(Cl)cc21. The molecule has 1 N–H and O–H groups in total. The molecule has 0 bridgehead atoms. The number of carbonyl (C=O) groups excluding carboxylic acids is 1. The standard InChI is InChI=1S/C17H11Cl2NO5/c18-10-3-1-9(2-4-10)15(23)12-7-11(19)8-13-16(12)25-17(24)20(13)6-5-14(21)22/h1-4,7-8H,5-6H2,(H,21,22). The highest BCUT2D eigenvalue weighted by molar-refractivity contribution is 6.32. The van der Waals surface area contributed by atoms with E-state index >= 15 is 0 Å². The lowest BCUT2D eigenvalue weighted by molar-refractivity contribution is -0.137. The van der Waals surface area contributed by atoms with Crippen LogP contribution in [-0.4, -0.2) is 21.4 Å². The molecule has 0 unspecified atom stereocenters. The van der Waals surface area contributed by atoms with E-state index in [0.717, 1.165) is 4.57 Å². The van der Waals surface area contributed by atoms with Crippen LogP contribution in [0.2, 0.25) is 10.0 Å². The van der Waals surface area contributed by atoms with Crippen molar-refractivity contribution in [1.82, 2.24) is 4.57 Å². The average Bonchev–Trinajstić information content (AvgIpc) is 2.87. The van der Waals surface area contributed by atoms with E-state index < -0.39 is 11.7 Å². The number of ketones is 1. The zero-order valence-corrected chi connectivity index (χ0v) is 14.2. The molecule has 0 aliphatic carbocycles.